The van der Waals surface area contributed by atoms with Crippen LogP contribution in [0.2, 0.25) is 0 Å². The van der Waals surface area contributed by atoms with Crippen LogP contribution in [0.25, 0.3) is 0 Å². The summed E-state index contributed by atoms with van der Waals surface area (Å²) in [5.41, 5.74) is 2.20. The Labute approximate surface area is 116 Å². The Hall–Kier alpha value is -1.06. The normalized spacial score (nSPS) is 18.3. The van der Waals surface area contributed by atoms with Crippen molar-refractivity contribution >= 4 is 5.69 Å². The fourth-order valence-corrected chi connectivity index (χ4v) is 2.75. The lowest BCUT2D eigenvalue weighted by molar-refractivity contribution is 0.0685. The lowest BCUT2D eigenvalue weighted by Crippen LogP contribution is -2.30. The van der Waals surface area contributed by atoms with Crippen LogP contribution in [-0.4, -0.2) is 31.9 Å². The monoisotopic (exact) mass is 263 g/mol. The van der Waals surface area contributed by atoms with Crippen LogP contribution < -0.4 is 4.90 Å². The molecular weight excluding hydrogens is 238 g/mol. The Morgan fingerprint density at radius 1 is 1.32 bits per heavy atom. The summed E-state index contributed by atoms with van der Waals surface area (Å²) in [6.07, 6.45) is 2.67. The van der Waals surface area contributed by atoms with Crippen molar-refractivity contribution in [3.05, 3.63) is 29.8 Å². The van der Waals surface area contributed by atoms with E-state index in [9.17, 15) is 5.11 Å². The van der Waals surface area contributed by atoms with Gasteiger partial charge in [0.25, 0.3) is 0 Å². The number of hydrogen-bond donors (Lipinski definition) is 1. The second-order valence-corrected chi connectivity index (χ2v) is 5.42. The number of aliphatic hydroxyl groups excluding tert-OH is 1. The zero-order valence-corrected chi connectivity index (χ0v) is 12.0. The molecule has 1 aliphatic heterocycles. The van der Waals surface area contributed by atoms with Crippen molar-refractivity contribution in [2.75, 3.05) is 31.7 Å². The van der Waals surface area contributed by atoms with Gasteiger partial charge in [0, 0.05) is 38.1 Å². The molecule has 2 rings (SSSR count). The molecule has 1 aromatic rings. The predicted molar refractivity (Wildman–Crippen MR) is 78.5 cm³/mol. The summed E-state index contributed by atoms with van der Waals surface area (Å²) in [7, 11) is 2.12. The highest BCUT2D eigenvalue weighted by molar-refractivity contribution is 5.54. The van der Waals surface area contributed by atoms with Crippen LogP contribution in [0.3, 0.4) is 0 Å². The van der Waals surface area contributed by atoms with E-state index < -0.39 is 0 Å². The molecule has 0 aliphatic carbocycles. The number of para-hydroxylation sites is 1. The molecule has 0 spiro atoms. The van der Waals surface area contributed by atoms with Crippen molar-refractivity contribution in [3.8, 4) is 0 Å². The smallest absolute Gasteiger partial charge is 0.0807 e. The fourth-order valence-electron chi connectivity index (χ4n) is 2.75. The number of hydrogen-bond acceptors (Lipinski definition) is 3. The summed E-state index contributed by atoms with van der Waals surface area (Å²) < 4.78 is 5.41. The van der Waals surface area contributed by atoms with Gasteiger partial charge in [-0.15, -0.1) is 0 Å². The van der Waals surface area contributed by atoms with E-state index in [4.69, 9.17) is 4.74 Å². The van der Waals surface area contributed by atoms with Crippen molar-refractivity contribution in [2.45, 2.75) is 32.3 Å². The number of ether oxygens (including phenoxy) is 1. The highest BCUT2D eigenvalue weighted by Gasteiger charge is 2.18. The van der Waals surface area contributed by atoms with Gasteiger partial charge in [-0.2, -0.15) is 0 Å². The third-order valence-electron chi connectivity index (χ3n) is 3.97. The van der Waals surface area contributed by atoms with Crippen LogP contribution >= 0.6 is 0 Å². The van der Waals surface area contributed by atoms with E-state index >= 15 is 0 Å². The minimum absolute atomic E-state index is 0.367. The fraction of sp³-hybridized carbons (Fsp3) is 0.625. The summed E-state index contributed by atoms with van der Waals surface area (Å²) in [4.78, 5) is 2.28. The first-order valence-electron chi connectivity index (χ1n) is 7.28. The predicted octanol–water partition coefficient (Wildman–Crippen LogP) is 2.99. The third-order valence-corrected chi connectivity index (χ3v) is 3.97. The van der Waals surface area contributed by atoms with Gasteiger partial charge < -0.3 is 14.7 Å². The van der Waals surface area contributed by atoms with E-state index in [1.165, 1.54) is 0 Å². The second kappa shape index (κ2) is 6.92. The van der Waals surface area contributed by atoms with Crippen LogP contribution in [0.5, 0.6) is 0 Å². The quantitative estimate of drug-likeness (QED) is 0.886. The van der Waals surface area contributed by atoms with E-state index in [0.29, 0.717) is 5.92 Å². The van der Waals surface area contributed by atoms with Crippen molar-refractivity contribution in [1.82, 2.24) is 0 Å². The molecule has 3 nitrogen and oxygen atoms in total. The van der Waals surface area contributed by atoms with Crippen molar-refractivity contribution in [2.24, 2.45) is 5.92 Å². The van der Waals surface area contributed by atoms with Gasteiger partial charge in [-0.1, -0.05) is 25.1 Å². The molecule has 0 bridgehead atoms. The number of anilines is 1. The Morgan fingerprint density at radius 3 is 2.68 bits per heavy atom. The number of benzene rings is 1. The molecule has 0 saturated carbocycles. The van der Waals surface area contributed by atoms with Gasteiger partial charge in [-0.3, -0.25) is 0 Å². The van der Waals surface area contributed by atoms with E-state index in [1.807, 2.05) is 25.1 Å². The van der Waals surface area contributed by atoms with Crippen LogP contribution in [0, 0.1) is 5.92 Å². The molecular formula is C16H25NO2. The first-order chi connectivity index (χ1) is 9.22. The minimum Gasteiger partial charge on any atom is -0.388 e. The second-order valence-electron chi connectivity index (χ2n) is 5.42. The third kappa shape index (κ3) is 3.71. The molecule has 19 heavy (non-hydrogen) atoms. The van der Waals surface area contributed by atoms with Gasteiger partial charge in [-0.25, -0.2) is 0 Å². The van der Waals surface area contributed by atoms with Gasteiger partial charge in [-0.05, 0) is 31.2 Å². The van der Waals surface area contributed by atoms with Crippen LogP contribution in [0.15, 0.2) is 24.3 Å². The molecule has 0 radical (unpaired) electrons. The number of aliphatic hydroxyl groups is 1. The maximum Gasteiger partial charge on any atom is 0.0807 e. The van der Waals surface area contributed by atoms with Crippen LogP contribution in [-0.2, 0) is 4.74 Å². The summed E-state index contributed by atoms with van der Waals surface area (Å²) in [5, 5.41) is 10.1. The first-order valence-corrected chi connectivity index (χ1v) is 7.28. The van der Waals surface area contributed by atoms with Gasteiger partial charge in [0.15, 0.2) is 0 Å². The number of nitrogens with zero attached hydrogens (tertiary/aromatic N) is 1. The van der Waals surface area contributed by atoms with E-state index in [2.05, 4.69) is 18.0 Å². The summed E-state index contributed by atoms with van der Waals surface area (Å²) >= 11 is 0. The van der Waals surface area contributed by atoms with E-state index in [0.717, 1.165) is 50.3 Å². The standard InChI is InChI=1S/C16H25NO2/c1-3-16(18)14-6-4-5-7-15(14)17(2)12-13-8-10-19-11-9-13/h4-7,13,16,18H,3,8-12H2,1-2H3. The molecule has 1 saturated heterocycles. The molecule has 1 atom stereocenters. The minimum atomic E-state index is -0.367. The van der Waals surface area contributed by atoms with Gasteiger partial charge in [0.05, 0.1) is 6.10 Å². The Morgan fingerprint density at radius 2 is 2.00 bits per heavy atom. The zero-order valence-electron chi connectivity index (χ0n) is 12.0. The first kappa shape index (κ1) is 14.4. The summed E-state index contributed by atoms with van der Waals surface area (Å²) in [6.45, 7) is 4.83. The van der Waals surface area contributed by atoms with Gasteiger partial charge in [0.2, 0.25) is 0 Å². The SMILES string of the molecule is CCC(O)c1ccccc1N(C)CC1CCOCC1. The van der Waals surface area contributed by atoms with E-state index in [1.54, 1.807) is 0 Å². The molecule has 106 valence electrons. The molecule has 1 aromatic carbocycles. The Kier molecular flexibility index (Phi) is 5.23. The topological polar surface area (TPSA) is 32.7 Å². The van der Waals surface area contributed by atoms with E-state index in [-0.39, 0.29) is 6.10 Å². The average Bonchev–Trinajstić information content (AvgIpc) is 2.47. The van der Waals surface area contributed by atoms with Crippen molar-refractivity contribution in [3.63, 3.8) is 0 Å². The van der Waals surface area contributed by atoms with Crippen LogP contribution in [0.1, 0.15) is 37.9 Å². The van der Waals surface area contributed by atoms with Gasteiger partial charge in [0.1, 0.15) is 0 Å². The molecule has 1 heterocycles. The molecule has 1 aliphatic rings. The lowest BCUT2D eigenvalue weighted by atomic mass is 9.98. The molecule has 0 aromatic heterocycles. The Balaban J connectivity index is 2.07. The molecule has 3 heteroatoms. The summed E-state index contributed by atoms with van der Waals surface area (Å²) in [5.74, 6) is 0.700. The highest BCUT2D eigenvalue weighted by Crippen LogP contribution is 2.28. The van der Waals surface area contributed by atoms with Crippen molar-refractivity contribution < 1.29 is 9.84 Å². The molecule has 1 unspecified atom stereocenters. The number of rotatable bonds is 5. The molecule has 1 N–H and O–H groups in total. The van der Waals surface area contributed by atoms with Crippen LogP contribution in [0.4, 0.5) is 5.69 Å². The summed E-state index contributed by atoms with van der Waals surface area (Å²) in [6, 6.07) is 8.18. The maximum absolute atomic E-state index is 10.1. The lowest BCUT2D eigenvalue weighted by Gasteiger charge is -2.30. The molecule has 0 amide bonds. The zero-order chi connectivity index (χ0) is 13.7. The highest BCUT2D eigenvalue weighted by atomic mass is 16.5. The average molecular weight is 263 g/mol. The molecule has 1 fully saturated rings. The largest absolute Gasteiger partial charge is 0.388 e. The van der Waals surface area contributed by atoms with Crippen molar-refractivity contribution in [1.29, 1.82) is 0 Å². The van der Waals surface area contributed by atoms with Gasteiger partial charge >= 0.3 is 0 Å². The Bertz CT molecular complexity index is 388. The maximum atomic E-state index is 10.1.